The van der Waals surface area contributed by atoms with Crippen LogP contribution in [-0.2, 0) is 14.3 Å². The fraction of sp³-hybridized carbons (Fsp3) is 0.966. The second-order valence-electron chi connectivity index (χ2n) is 20.3. The number of hydrogen-bond donors (Lipinski definition) is 3. The van der Waals surface area contributed by atoms with Gasteiger partial charge in [-0.25, -0.2) is 0 Å². The summed E-state index contributed by atoms with van der Waals surface area (Å²) in [6, 6.07) is -0.550. The lowest BCUT2D eigenvalue weighted by Gasteiger charge is -2.22. The summed E-state index contributed by atoms with van der Waals surface area (Å²) in [4.78, 5) is 24.5. The Morgan fingerprint density at radius 2 is 0.641 bits per heavy atom. The van der Waals surface area contributed by atoms with Crippen LogP contribution in [-0.4, -0.2) is 47.4 Å². The molecule has 6 nitrogen and oxygen atoms in total. The fourth-order valence-electron chi connectivity index (χ4n) is 9.41. The molecule has 0 radical (unpaired) electrons. The highest BCUT2D eigenvalue weighted by atomic mass is 16.5. The second-order valence-corrected chi connectivity index (χ2v) is 20.3. The molecule has 64 heavy (non-hydrogen) atoms. The molecule has 0 bridgehead atoms. The van der Waals surface area contributed by atoms with Crippen LogP contribution in [0, 0.1) is 0 Å². The number of unbranched alkanes of at least 4 members (excludes halogenated alkanes) is 44. The molecule has 382 valence electrons. The molecule has 0 saturated heterocycles. The molecule has 0 saturated carbocycles. The Balaban J connectivity index is 3.43. The smallest absolute Gasteiger partial charge is 0.305 e. The van der Waals surface area contributed by atoms with Gasteiger partial charge >= 0.3 is 5.97 Å². The Labute approximate surface area is 400 Å². The zero-order chi connectivity index (χ0) is 46.5. The lowest BCUT2D eigenvalue weighted by atomic mass is 10.0. The van der Waals surface area contributed by atoms with E-state index in [0.717, 1.165) is 51.4 Å². The molecule has 3 N–H and O–H groups in total. The minimum Gasteiger partial charge on any atom is -0.466 e. The first kappa shape index (κ1) is 62.9. The summed E-state index contributed by atoms with van der Waals surface area (Å²) in [6.45, 7) is 4.95. The quantitative estimate of drug-likeness (QED) is 0.0417. The number of ether oxygens (including phenoxy) is 1. The summed E-state index contributed by atoms with van der Waals surface area (Å²) in [5.41, 5.74) is 0. The van der Waals surface area contributed by atoms with Gasteiger partial charge in [-0.3, -0.25) is 9.59 Å². The maximum absolute atomic E-state index is 12.5. The molecule has 2 unspecified atom stereocenters. The normalized spacial score (nSPS) is 12.5. The maximum Gasteiger partial charge on any atom is 0.305 e. The van der Waals surface area contributed by atoms with Crippen LogP contribution < -0.4 is 5.32 Å². The third-order valence-electron chi connectivity index (χ3n) is 13.9. The van der Waals surface area contributed by atoms with Gasteiger partial charge in [0.2, 0.25) is 5.91 Å². The minimum absolute atomic E-state index is 0.00434. The molecule has 0 aromatic carbocycles. The molecule has 2 atom stereocenters. The monoisotopic (exact) mass is 906 g/mol. The molecule has 0 spiro atoms. The van der Waals surface area contributed by atoms with Crippen LogP contribution in [0.5, 0.6) is 0 Å². The lowest BCUT2D eigenvalue weighted by molar-refractivity contribution is -0.143. The summed E-state index contributed by atoms with van der Waals surface area (Å²) in [5.74, 6) is -0.0476. The van der Waals surface area contributed by atoms with Gasteiger partial charge < -0.3 is 20.3 Å². The van der Waals surface area contributed by atoms with E-state index in [2.05, 4.69) is 19.2 Å². The van der Waals surface area contributed by atoms with Gasteiger partial charge in [0.1, 0.15) is 0 Å². The van der Waals surface area contributed by atoms with Crippen molar-refractivity contribution < 1.29 is 24.5 Å². The van der Waals surface area contributed by atoms with Gasteiger partial charge in [-0.2, -0.15) is 0 Å². The number of hydrogen-bond acceptors (Lipinski definition) is 5. The van der Waals surface area contributed by atoms with Crippen molar-refractivity contribution in [2.45, 2.75) is 347 Å². The van der Waals surface area contributed by atoms with E-state index in [1.54, 1.807) is 0 Å². The molecule has 0 aromatic rings. The van der Waals surface area contributed by atoms with Crippen molar-refractivity contribution in [3.8, 4) is 0 Å². The SMILES string of the molecule is CCCCCCCCCCCCCCCCCCCCCCCCCC(O)C(CO)NC(=O)CCCCCCCCCCCCCCCOC(=O)CCCCCCCCCCCCC. The molecule has 0 aliphatic heterocycles. The van der Waals surface area contributed by atoms with Gasteiger partial charge in [0.25, 0.3) is 0 Å². The topological polar surface area (TPSA) is 95.9 Å². The molecule has 0 heterocycles. The van der Waals surface area contributed by atoms with Crippen molar-refractivity contribution in [3.63, 3.8) is 0 Å². The summed E-state index contributed by atoms with van der Waals surface area (Å²) in [5, 5.41) is 23.3. The van der Waals surface area contributed by atoms with Gasteiger partial charge in [-0.15, -0.1) is 0 Å². The third-order valence-corrected chi connectivity index (χ3v) is 13.9. The van der Waals surface area contributed by atoms with Crippen molar-refractivity contribution in [2.75, 3.05) is 13.2 Å². The summed E-state index contributed by atoms with van der Waals surface area (Å²) in [6.07, 6.45) is 62.3. The second kappa shape index (κ2) is 54.5. The van der Waals surface area contributed by atoms with Crippen LogP contribution in [0.3, 0.4) is 0 Å². The van der Waals surface area contributed by atoms with E-state index >= 15 is 0 Å². The molecule has 0 fully saturated rings. The molecule has 1 amide bonds. The summed E-state index contributed by atoms with van der Waals surface area (Å²) in [7, 11) is 0. The molecule has 6 heteroatoms. The molecule has 0 aliphatic rings. The first-order chi connectivity index (χ1) is 31.5. The number of amides is 1. The minimum atomic E-state index is -0.672. The Morgan fingerprint density at radius 1 is 0.375 bits per heavy atom. The van der Waals surface area contributed by atoms with E-state index in [1.807, 2.05) is 0 Å². The Bertz CT molecular complexity index is 913. The van der Waals surface area contributed by atoms with Gasteiger partial charge in [0.15, 0.2) is 0 Å². The zero-order valence-corrected chi connectivity index (χ0v) is 43.5. The number of carbonyl (C=O) groups is 2. The van der Waals surface area contributed by atoms with Crippen molar-refractivity contribution in [1.29, 1.82) is 0 Å². The van der Waals surface area contributed by atoms with Crippen LogP contribution in [0.1, 0.15) is 335 Å². The average Bonchev–Trinajstić information content (AvgIpc) is 3.29. The Kier molecular flexibility index (Phi) is 53.5. The highest BCUT2D eigenvalue weighted by molar-refractivity contribution is 5.76. The Hall–Kier alpha value is -1.14. The van der Waals surface area contributed by atoms with Crippen LogP contribution in [0.25, 0.3) is 0 Å². The van der Waals surface area contributed by atoms with E-state index in [-0.39, 0.29) is 18.5 Å². The standard InChI is InChI=1S/C58H115NO5/c1-3-5-7-9-11-13-15-16-17-18-19-20-21-22-23-24-25-27-31-34-38-42-46-50-56(61)55(54-60)59-57(62)51-47-43-39-35-32-28-26-29-33-37-41-45-49-53-64-58(63)52-48-44-40-36-30-14-12-10-8-6-4-2/h55-56,60-61H,3-54H2,1-2H3,(H,59,62). The van der Waals surface area contributed by atoms with Crippen molar-refractivity contribution in [1.82, 2.24) is 5.32 Å². The number of aliphatic hydroxyl groups is 2. The first-order valence-electron chi connectivity index (χ1n) is 29.3. The van der Waals surface area contributed by atoms with E-state index in [4.69, 9.17) is 4.74 Å². The van der Waals surface area contributed by atoms with Crippen LogP contribution >= 0.6 is 0 Å². The summed E-state index contributed by atoms with van der Waals surface area (Å²) < 4.78 is 5.45. The first-order valence-corrected chi connectivity index (χ1v) is 29.3. The van der Waals surface area contributed by atoms with Crippen molar-refractivity contribution in [2.24, 2.45) is 0 Å². The van der Waals surface area contributed by atoms with Gasteiger partial charge in [-0.1, -0.05) is 296 Å². The molecule has 0 aromatic heterocycles. The third kappa shape index (κ3) is 50.3. The fourth-order valence-corrected chi connectivity index (χ4v) is 9.41. The van der Waals surface area contributed by atoms with Crippen molar-refractivity contribution in [3.05, 3.63) is 0 Å². The number of esters is 1. The maximum atomic E-state index is 12.5. The van der Waals surface area contributed by atoms with Gasteiger partial charge in [0.05, 0.1) is 25.4 Å². The molecular weight excluding hydrogens is 791 g/mol. The van der Waals surface area contributed by atoms with Gasteiger partial charge in [0, 0.05) is 12.8 Å². The highest BCUT2D eigenvalue weighted by Crippen LogP contribution is 2.18. The van der Waals surface area contributed by atoms with E-state index in [1.165, 1.54) is 250 Å². The van der Waals surface area contributed by atoms with Crippen LogP contribution in [0.4, 0.5) is 0 Å². The predicted molar refractivity (Wildman–Crippen MR) is 278 cm³/mol. The number of aliphatic hydroxyl groups excluding tert-OH is 2. The van der Waals surface area contributed by atoms with Crippen molar-refractivity contribution >= 4 is 11.9 Å². The number of nitrogens with one attached hydrogen (secondary N) is 1. The lowest BCUT2D eigenvalue weighted by Crippen LogP contribution is -2.45. The van der Waals surface area contributed by atoms with E-state index in [0.29, 0.717) is 25.9 Å². The molecule has 0 rings (SSSR count). The van der Waals surface area contributed by atoms with Crippen LogP contribution in [0.2, 0.25) is 0 Å². The molecule has 0 aliphatic carbocycles. The highest BCUT2D eigenvalue weighted by Gasteiger charge is 2.20. The predicted octanol–water partition coefficient (Wildman–Crippen LogP) is 17.9. The van der Waals surface area contributed by atoms with E-state index < -0.39 is 12.1 Å². The van der Waals surface area contributed by atoms with E-state index in [9.17, 15) is 19.8 Å². The van der Waals surface area contributed by atoms with Gasteiger partial charge in [-0.05, 0) is 25.7 Å². The summed E-state index contributed by atoms with van der Waals surface area (Å²) >= 11 is 0. The van der Waals surface area contributed by atoms with Crippen LogP contribution in [0.15, 0.2) is 0 Å². The Morgan fingerprint density at radius 3 is 0.953 bits per heavy atom. The molecular formula is C58H115NO5. The average molecular weight is 907 g/mol. The number of carbonyl (C=O) groups excluding carboxylic acids is 2. The largest absolute Gasteiger partial charge is 0.466 e. The zero-order valence-electron chi connectivity index (χ0n) is 43.5. The number of rotatable bonds is 55.